The van der Waals surface area contributed by atoms with Gasteiger partial charge in [0, 0.05) is 51.2 Å². The van der Waals surface area contributed by atoms with E-state index in [1.54, 1.807) is 0 Å². The van der Waals surface area contributed by atoms with Gasteiger partial charge in [0.15, 0.2) is 0 Å². The highest BCUT2D eigenvalue weighted by atomic mass is 79.9. The fourth-order valence-corrected chi connectivity index (χ4v) is 5.14. The molecule has 2 aromatic heterocycles. The molecule has 0 atom stereocenters. The van der Waals surface area contributed by atoms with Crippen molar-refractivity contribution in [1.82, 2.24) is 14.9 Å². The maximum atomic E-state index is 4.81. The van der Waals surface area contributed by atoms with Crippen LogP contribution in [0.15, 0.2) is 34.9 Å². The third kappa shape index (κ3) is 3.01. The summed E-state index contributed by atoms with van der Waals surface area (Å²) >= 11 is 5.68. The summed E-state index contributed by atoms with van der Waals surface area (Å²) in [6, 6.07) is 8.59. The van der Waals surface area contributed by atoms with Crippen molar-refractivity contribution >= 4 is 37.4 Å². The van der Waals surface area contributed by atoms with Crippen molar-refractivity contribution in [3.05, 3.63) is 56.9 Å². The first-order valence-corrected chi connectivity index (χ1v) is 9.95. The summed E-state index contributed by atoms with van der Waals surface area (Å²) in [5.41, 5.74) is 2.52. The number of rotatable bonds is 3. The van der Waals surface area contributed by atoms with Gasteiger partial charge in [-0.3, -0.25) is 4.90 Å². The lowest BCUT2D eigenvalue weighted by molar-refractivity contribution is 0.242. The number of nitrogens with zero attached hydrogens (tertiary/aromatic N) is 3. The normalized spacial score (nSPS) is 15.2. The lowest BCUT2D eigenvalue weighted by Crippen LogP contribution is -2.31. The highest BCUT2D eigenvalue weighted by Crippen LogP contribution is 2.36. The molecule has 1 aliphatic heterocycles. The Hall–Kier alpha value is -1.30. The van der Waals surface area contributed by atoms with Gasteiger partial charge in [-0.1, -0.05) is 32.0 Å². The molecule has 3 heterocycles. The van der Waals surface area contributed by atoms with Gasteiger partial charge in [0.05, 0.1) is 5.69 Å². The van der Waals surface area contributed by atoms with E-state index in [0.717, 1.165) is 31.9 Å². The molecule has 3 aromatic rings. The topological polar surface area (TPSA) is 29.0 Å². The van der Waals surface area contributed by atoms with E-state index in [2.05, 4.69) is 63.9 Å². The number of fused-ring (bicyclic) bond motifs is 2. The molecule has 0 amide bonds. The molecule has 24 heavy (non-hydrogen) atoms. The molecule has 0 spiro atoms. The van der Waals surface area contributed by atoms with Crippen LogP contribution < -0.4 is 0 Å². The van der Waals surface area contributed by atoms with E-state index in [-0.39, 0.29) is 0 Å². The first-order valence-electron chi connectivity index (χ1n) is 8.34. The van der Waals surface area contributed by atoms with Gasteiger partial charge < -0.3 is 0 Å². The summed E-state index contributed by atoms with van der Waals surface area (Å²) in [6.45, 7) is 7.25. The summed E-state index contributed by atoms with van der Waals surface area (Å²) in [7, 11) is 0. The number of thiophene rings is 1. The fraction of sp³-hybridized carbons (Fsp3) is 0.368. The van der Waals surface area contributed by atoms with Gasteiger partial charge in [-0.25, -0.2) is 9.97 Å². The Bertz CT molecular complexity index is 887. The zero-order valence-electron chi connectivity index (χ0n) is 13.9. The van der Waals surface area contributed by atoms with Crippen LogP contribution in [0, 0.1) is 0 Å². The van der Waals surface area contributed by atoms with Crippen LogP contribution in [0.4, 0.5) is 0 Å². The van der Waals surface area contributed by atoms with Gasteiger partial charge in [0.25, 0.3) is 0 Å². The smallest absolute Gasteiger partial charge is 0.131 e. The number of benzene rings is 1. The highest BCUT2D eigenvalue weighted by molar-refractivity contribution is 9.10. The molecule has 0 unspecified atom stereocenters. The number of hydrogen-bond acceptors (Lipinski definition) is 4. The van der Waals surface area contributed by atoms with E-state index in [1.807, 2.05) is 17.5 Å². The van der Waals surface area contributed by atoms with E-state index in [9.17, 15) is 0 Å². The van der Waals surface area contributed by atoms with Crippen LogP contribution in [0.25, 0.3) is 10.1 Å². The van der Waals surface area contributed by atoms with Crippen LogP contribution in [-0.2, 0) is 19.5 Å². The molecule has 5 heteroatoms. The third-order valence-corrected chi connectivity index (χ3v) is 6.85. The predicted octanol–water partition coefficient (Wildman–Crippen LogP) is 5.14. The lowest BCUT2D eigenvalue weighted by atomic mass is 10.1. The second-order valence-electron chi connectivity index (χ2n) is 6.65. The molecule has 3 nitrogen and oxygen atoms in total. The summed E-state index contributed by atoms with van der Waals surface area (Å²) in [4.78, 5) is 13.2. The second-order valence-corrected chi connectivity index (χ2v) is 8.58. The zero-order valence-corrected chi connectivity index (χ0v) is 16.3. The van der Waals surface area contributed by atoms with Crippen molar-refractivity contribution in [2.24, 2.45) is 0 Å². The molecular weight excluding hydrogens is 382 g/mol. The highest BCUT2D eigenvalue weighted by Gasteiger charge is 2.21. The second kappa shape index (κ2) is 6.54. The van der Waals surface area contributed by atoms with Crippen LogP contribution in [0.1, 0.15) is 41.7 Å². The molecule has 0 bridgehead atoms. The molecule has 0 saturated heterocycles. The van der Waals surface area contributed by atoms with Crippen LogP contribution in [0.3, 0.4) is 0 Å². The first-order chi connectivity index (χ1) is 11.6. The molecular formula is C19H20BrN3S. The number of aromatic nitrogens is 2. The van der Waals surface area contributed by atoms with Crippen molar-refractivity contribution < 1.29 is 0 Å². The largest absolute Gasteiger partial charge is 0.292 e. The van der Waals surface area contributed by atoms with Crippen molar-refractivity contribution in [3.63, 3.8) is 0 Å². The Morgan fingerprint density at radius 2 is 2.12 bits per heavy atom. The SMILES string of the molecule is CC(C)c1ncc2c(n1)CN(Cc1sc3ccccc3c1Br)CC2. The van der Waals surface area contributed by atoms with Crippen LogP contribution in [0.5, 0.6) is 0 Å². The Balaban J connectivity index is 1.58. The Labute approximate surface area is 154 Å². The van der Waals surface area contributed by atoms with Crippen molar-refractivity contribution in [2.45, 2.75) is 39.3 Å². The van der Waals surface area contributed by atoms with Gasteiger partial charge in [0.1, 0.15) is 5.82 Å². The Morgan fingerprint density at radius 3 is 2.92 bits per heavy atom. The molecule has 124 valence electrons. The lowest BCUT2D eigenvalue weighted by Gasteiger charge is -2.27. The van der Waals surface area contributed by atoms with Gasteiger partial charge in [-0.05, 0) is 34.0 Å². The predicted molar refractivity (Wildman–Crippen MR) is 103 cm³/mol. The average Bonchev–Trinajstić information content (AvgIpc) is 2.90. The molecule has 0 saturated carbocycles. The van der Waals surface area contributed by atoms with Gasteiger partial charge in [-0.2, -0.15) is 0 Å². The minimum absolute atomic E-state index is 0.377. The van der Waals surface area contributed by atoms with E-state index in [4.69, 9.17) is 4.98 Å². The zero-order chi connectivity index (χ0) is 16.7. The average molecular weight is 402 g/mol. The van der Waals surface area contributed by atoms with E-state index < -0.39 is 0 Å². The van der Waals surface area contributed by atoms with Crippen LogP contribution >= 0.6 is 27.3 Å². The van der Waals surface area contributed by atoms with Gasteiger partial charge in [-0.15, -0.1) is 11.3 Å². The van der Waals surface area contributed by atoms with E-state index >= 15 is 0 Å². The molecule has 0 aliphatic carbocycles. The van der Waals surface area contributed by atoms with Crippen molar-refractivity contribution in [3.8, 4) is 0 Å². The summed E-state index contributed by atoms with van der Waals surface area (Å²) in [6.07, 6.45) is 3.07. The summed E-state index contributed by atoms with van der Waals surface area (Å²) in [5.74, 6) is 1.33. The first kappa shape index (κ1) is 16.2. The number of halogens is 1. The van der Waals surface area contributed by atoms with Gasteiger partial charge >= 0.3 is 0 Å². The van der Waals surface area contributed by atoms with Crippen LogP contribution in [-0.4, -0.2) is 21.4 Å². The monoisotopic (exact) mass is 401 g/mol. The van der Waals surface area contributed by atoms with E-state index in [0.29, 0.717) is 5.92 Å². The maximum Gasteiger partial charge on any atom is 0.131 e. The van der Waals surface area contributed by atoms with Crippen molar-refractivity contribution in [1.29, 1.82) is 0 Å². The van der Waals surface area contributed by atoms with Crippen LogP contribution in [0.2, 0.25) is 0 Å². The molecule has 1 aliphatic rings. The molecule has 4 rings (SSSR count). The maximum absolute atomic E-state index is 4.81. The molecule has 0 radical (unpaired) electrons. The van der Waals surface area contributed by atoms with Gasteiger partial charge in [0.2, 0.25) is 0 Å². The minimum atomic E-state index is 0.377. The quantitative estimate of drug-likeness (QED) is 0.608. The third-order valence-electron chi connectivity index (χ3n) is 4.53. The Kier molecular flexibility index (Phi) is 4.41. The molecule has 0 N–H and O–H groups in total. The molecule has 1 aromatic carbocycles. The Morgan fingerprint density at radius 1 is 1.29 bits per heavy atom. The van der Waals surface area contributed by atoms with Crippen molar-refractivity contribution in [2.75, 3.05) is 6.54 Å². The molecule has 0 fully saturated rings. The standard InChI is InChI=1S/C19H20BrN3S/c1-12(2)19-21-9-13-7-8-23(10-15(13)22-19)11-17-18(20)14-5-3-4-6-16(14)24-17/h3-6,9,12H,7-8,10-11H2,1-2H3. The minimum Gasteiger partial charge on any atom is -0.292 e. The summed E-state index contributed by atoms with van der Waals surface area (Å²) in [5, 5.41) is 1.32. The summed E-state index contributed by atoms with van der Waals surface area (Å²) < 4.78 is 2.60. The fourth-order valence-electron chi connectivity index (χ4n) is 3.16. The van der Waals surface area contributed by atoms with E-state index in [1.165, 1.54) is 30.7 Å². The number of hydrogen-bond donors (Lipinski definition) is 0.